The van der Waals surface area contributed by atoms with Gasteiger partial charge in [0, 0.05) is 5.56 Å². The first kappa shape index (κ1) is 24.7. The Morgan fingerprint density at radius 1 is 0.973 bits per heavy atom. The maximum atomic E-state index is 13.6. The minimum absolute atomic E-state index is 0.0509. The minimum atomic E-state index is -0.836. The maximum absolute atomic E-state index is 13.6. The molecule has 0 aliphatic carbocycles. The third-order valence-corrected chi connectivity index (χ3v) is 7.63. The second kappa shape index (κ2) is 9.48. The number of fused-ring (bicyclic) bond motifs is 1. The van der Waals surface area contributed by atoms with Crippen LogP contribution < -0.4 is 9.64 Å². The summed E-state index contributed by atoms with van der Waals surface area (Å²) in [5.41, 5.74) is 5.91. The van der Waals surface area contributed by atoms with Crippen LogP contribution in [0.4, 0.5) is 5.13 Å². The predicted octanol–water partition coefficient (Wildman–Crippen LogP) is 6.55. The number of carbonyl (C=O) groups excluding carboxylic acids is 2. The number of rotatable bonds is 5. The van der Waals surface area contributed by atoms with Gasteiger partial charge in [-0.1, -0.05) is 47.2 Å². The maximum Gasteiger partial charge on any atom is 0.301 e. The Labute approximate surface area is 219 Å². The van der Waals surface area contributed by atoms with Crippen LogP contribution in [0.5, 0.6) is 5.75 Å². The molecule has 5 rings (SSSR count). The zero-order valence-corrected chi connectivity index (χ0v) is 22.3. The van der Waals surface area contributed by atoms with Crippen LogP contribution in [0, 0.1) is 27.7 Å². The quantitative estimate of drug-likeness (QED) is 0.186. The molecular weight excluding hydrogens is 484 g/mol. The second-order valence-electron chi connectivity index (χ2n) is 9.41. The molecule has 3 aromatic carbocycles. The molecule has 1 aromatic heterocycles. The number of aliphatic hydroxyl groups excluding tert-OH is 1. The number of aryl methyl sites for hydroxylation is 4. The summed E-state index contributed by atoms with van der Waals surface area (Å²) in [6.45, 7) is 10.2. The third-order valence-electron chi connectivity index (χ3n) is 6.62. The van der Waals surface area contributed by atoms with E-state index in [-0.39, 0.29) is 11.3 Å². The van der Waals surface area contributed by atoms with Crippen LogP contribution in [-0.4, -0.2) is 28.4 Å². The van der Waals surface area contributed by atoms with E-state index in [1.165, 1.54) is 16.2 Å². The molecule has 1 aliphatic heterocycles. The lowest BCUT2D eigenvalue weighted by atomic mass is 9.93. The van der Waals surface area contributed by atoms with Gasteiger partial charge in [-0.2, -0.15) is 0 Å². The molecule has 0 saturated carbocycles. The number of nitrogens with zero attached hydrogens (tertiary/aromatic N) is 2. The smallest absolute Gasteiger partial charge is 0.301 e. The zero-order chi connectivity index (χ0) is 26.4. The summed E-state index contributed by atoms with van der Waals surface area (Å²) < 4.78 is 6.53. The highest BCUT2D eigenvalue weighted by Crippen LogP contribution is 2.45. The van der Waals surface area contributed by atoms with Crippen LogP contribution in [0.25, 0.3) is 16.0 Å². The Morgan fingerprint density at radius 3 is 2.41 bits per heavy atom. The Bertz CT molecular complexity index is 1580. The lowest BCUT2D eigenvalue weighted by Crippen LogP contribution is -2.29. The molecule has 1 aliphatic rings. The fourth-order valence-corrected chi connectivity index (χ4v) is 6.02. The summed E-state index contributed by atoms with van der Waals surface area (Å²) in [7, 11) is 0. The van der Waals surface area contributed by atoms with E-state index in [0.717, 1.165) is 32.5 Å². The summed E-state index contributed by atoms with van der Waals surface area (Å²) in [4.78, 5) is 33.3. The molecule has 1 unspecified atom stereocenters. The van der Waals surface area contributed by atoms with Crippen LogP contribution in [0.1, 0.15) is 46.3 Å². The highest BCUT2D eigenvalue weighted by Gasteiger charge is 2.48. The van der Waals surface area contributed by atoms with Crippen molar-refractivity contribution in [3.8, 4) is 5.75 Å². The van der Waals surface area contributed by atoms with Crippen molar-refractivity contribution in [3.05, 3.63) is 93.6 Å². The Balaban J connectivity index is 1.74. The topological polar surface area (TPSA) is 79.7 Å². The average Bonchev–Trinajstić information content (AvgIpc) is 3.39. The number of anilines is 1. The van der Waals surface area contributed by atoms with Gasteiger partial charge >= 0.3 is 5.91 Å². The molecule has 6 nitrogen and oxygen atoms in total. The van der Waals surface area contributed by atoms with Gasteiger partial charge in [-0.05, 0) is 81.1 Å². The number of carbonyl (C=O) groups is 2. The molecule has 1 atom stereocenters. The van der Waals surface area contributed by atoms with Crippen LogP contribution >= 0.6 is 11.3 Å². The molecule has 1 fully saturated rings. The molecule has 7 heteroatoms. The van der Waals surface area contributed by atoms with Crippen molar-refractivity contribution in [2.45, 2.75) is 40.7 Å². The van der Waals surface area contributed by atoms with E-state index >= 15 is 0 Å². The highest BCUT2D eigenvalue weighted by molar-refractivity contribution is 7.22. The third kappa shape index (κ3) is 4.29. The molecular formula is C30H28N2O4S. The largest absolute Gasteiger partial charge is 0.507 e. The number of benzene rings is 3. The van der Waals surface area contributed by atoms with Gasteiger partial charge in [-0.15, -0.1) is 0 Å². The number of Topliss-reactive ketones (excluding diaryl/α,β-unsaturated/α-hetero) is 1. The van der Waals surface area contributed by atoms with Crippen molar-refractivity contribution in [1.82, 2.24) is 4.98 Å². The number of hydrogen-bond acceptors (Lipinski definition) is 6. The van der Waals surface area contributed by atoms with Gasteiger partial charge in [-0.25, -0.2) is 4.98 Å². The van der Waals surface area contributed by atoms with E-state index in [1.807, 2.05) is 89.2 Å². The lowest BCUT2D eigenvalue weighted by Gasteiger charge is -2.23. The Hall–Kier alpha value is -3.97. The summed E-state index contributed by atoms with van der Waals surface area (Å²) in [6.07, 6.45) is 0. The first-order valence-electron chi connectivity index (χ1n) is 12.2. The fraction of sp³-hybridized carbons (Fsp3) is 0.233. The number of ether oxygens (including phenoxy) is 1. The van der Waals surface area contributed by atoms with Gasteiger partial charge < -0.3 is 9.84 Å². The number of thiazole rings is 1. The van der Waals surface area contributed by atoms with Crippen molar-refractivity contribution in [3.63, 3.8) is 0 Å². The van der Waals surface area contributed by atoms with E-state index < -0.39 is 17.7 Å². The molecule has 0 radical (unpaired) electrons. The zero-order valence-electron chi connectivity index (χ0n) is 21.5. The van der Waals surface area contributed by atoms with Crippen molar-refractivity contribution >= 4 is 44.1 Å². The van der Waals surface area contributed by atoms with Crippen molar-refractivity contribution in [2.24, 2.45) is 0 Å². The summed E-state index contributed by atoms with van der Waals surface area (Å²) >= 11 is 1.37. The van der Waals surface area contributed by atoms with Crippen LogP contribution in [0.2, 0.25) is 0 Å². The van der Waals surface area contributed by atoms with Gasteiger partial charge in [-0.3, -0.25) is 14.5 Å². The molecule has 0 bridgehead atoms. The van der Waals surface area contributed by atoms with E-state index in [9.17, 15) is 14.7 Å². The van der Waals surface area contributed by atoms with E-state index in [0.29, 0.717) is 28.6 Å². The highest BCUT2D eigenvalue weighted by atomic mass is 32.1. The second-order valence-corrected chi connectivity index (χ2v) is 10.4. The van der Waals surface area contributed by atoms with E-state index in [4.69, 9.17) is 9.72 Å². The van der Waals surface area contributed by atoms with Gasteiger partial charge in [0.1, 0.15) is 11.5 Å². The van der Waals surface area contributed by atoms with Crippen molar-refractivity contribution in [1.29, 1.82) is 0 Å². The van der Waals surface area contributed by atoms with Gasteiger partial charge in [0.05, 0.1) is 28.4 Å². The fourth-order valence-electron chi connectivity index (χ4n) is 4.86. The SMILES string of the molecule is CCOc1ccc(C2C(=C(O)c3cc(C)ccc3C)C(=O)C(=O)N2c2nc3c(C)cc(C)cc3s2)cc1. The predicted molar refractivity (Wildman–Crippen MR) is 147 cm³/mol. The Kier molecular flexibility index (Phi) is 6.33. The molecule has 1 amide bonds. The Morgan fingerprint density at radius 2 is 1.70 bits per heavy atom. The molecule has 1 saturated heterocycles. The number of ketones is 1. The summed E-state index contributed by atoms with van der Waals surface area (Å²) in [5, 5.41) is 11.9. The van der Waals surface area contributed by atoms with E-state index in [2.05, 4.69) is 0 Å². The van der Waals surface area contributed by atoms with Gasteiger partial charge in [0.2, 0.25) is 0 Å². The number of hydrogen-bond donors (Lipinski definition) is 1. The van der Waals surface area contributed by atoms with Gasteiger partial charge in [0.15, 0.2) is 5.13 Å². The number of aromatic nitrogens is 1. The lowest BCUT2D eigenvalue weighted by molar-refractivity contribution is -0.132. The monoisotopic (exact) mass is 512 g/mol. The summed E-state index contributed by atoms with van der Waals surface area (Å²) in [6, 6.07) is 16.2. The van der Waals surface area contributed by atoms with Crippen molar-refractivity contribution in [2.75, 3.05) is 11.5 Å². The van der Waals surface area contributed by atoms with Crippen LogP contribution in [-0.2, 0) is 9.59 Å². The minimum Gasteiger partial charge on any atom is -0.507 e. The van der Waals surface area contributed by atoms with Crippen LogP contribution in [0.3, 0.4) is 0 Å². The first-order valence-corrected chi connectivity index (χ1v) is 13.0. The summed E-state index contributed by atoms with van der Waals surface area (Å²) in [5.74, 6) is -0.943. The molecule has 0 spiro atoms. The molecule has 37 heavy (non-hydrogen) atoms. The number of aliphatic hydroxyl groups is 1. The first-order chi connectivity index (χ1) is 17.7. The number of amides is 1. The molecule has 4 aromatic rings. The van der Waals surface area contributed by atoms with Gasteiger partial charge in [0.25, 0.3) is 5.78 Å². The molecule has 1 N–H and O–H groups in total. The van der Waals surface area contributed by atoms with Crippen molar-refractivity contribution < 1.29 is 19.4 Å². The average molecular weight is 513 g/mol. The normalized spacial score (nSPS) is 17.1. The standard InChI is InChI=1S/C30H28N2O4S/c1-6-36-21-11-9-20(10-12-21)26-24(27(33)22-14-16(2)7-8-18(22)4)28(34)29(35)32(26)30-31-25-19(5)13-17(3)15-23(25)37-30/h7-15,26,33H,6H2,1-5H3. The molecule has 188 valence electrons. The van der Waals surface area contributed by atoms with E-state index in [1.54, 1.807) is 0 Å². The molecule has 2 heterocycles. The van der Waals surface area contributed by atoms with Crippen LogP contribution in [0.15, 0.2) is 60.2 Å².